The Morgan fingerprint density at radius 2 is 1.86 bits per heavy atom. The van der Waals surface area contributed by atoms with E-state index in [-0.39, 0.29) is 18.8 Å². The second kappa shape index (κ2) is 6.83. The number of benzene rings is 2. The van der Waals surface area contributed by atoms with Crippen LogP contribution in [0.5, 0.6) is 5.75 Å². The molecule has 0 aliphatic heterocycles. The zero-order chi connectivity index (χ0) is 15.4. The lowest BCUT2D eigenvalue weighted by Crippen LogP contribution is -2.29. The molecular weight excluding hydrogens is 358 g/mol. The predicted molar refractivity (Wildman–Crippen MR) is 85.9 cm³/mol. The predicted octanol–water partition coefficient (Wildman–Crippen LogP) is 3.90. The van der Waals surface area contributed by atoms with Crippen molar-refractivity contribution in [3.8, 4) is 5.75 Å². The molecular formula is C15H13BrClNO3. The Kier molecular flexibility index (Phi) is 5.09. The molecule has 0 fully saturated rings. The van der Waals surface area contributed by atoms with Crippen molar-refractivity contribution in [1.29, 1.82) is 0 Å². The molecule has 0 heterocycles. The summed E-state index contributed by atoms with van der Waals surface area (Å²) < 4.78 is 0.821. The van der Waals surface area contributed by atoms with Gasteiger partial charge >= 0.3 is 5.97 Å². The number of anilines is 1. The summed E-state index contributed by atoms with van der Waals surface area (Å²) in [6.07, 6.45) is 0. The van der Waals surface area contributed by atoms with Crippen LogP contribution in [0.1, 0.15) is 5.56 Å². The molecule has 4 nitrogen and oxygen atoms in total. The Labute approximate surface area is 135 Å². The van der Waals surface area contributed by atoms with Crippen LogP contribution in [0.2, 0.25) is 5.02 Å². The maximum atomic E-state index is 11.1. The molecule has 110 valence electrons. The van der Waals surface area contributed by atoms with Gasteiger partial charge in [0.15, 0.2) is 0 Å². The van der Waals surface area contributed by atoms with Gasteiger partial charge in [-0.25, -0.2) is 0 Å². The molecule has 0 atom stereocenters. The molecule has 2 aromatic carbocycles. The van der Waals surface area contributed by atoms with Crippen LogP contribution in [0.15, 0.2) is 46.9 Å². The summed E-state index contributed by atoms with van der Waals surface area (Å²) in [4.78, 5) is 12.7. The number of phenols is 1. The molecule has 0 radical (unpaired) electrons. The first-order chi connectivity index (χ1) is 9.95. The van der Waals surface area contributed by atoms with Crippen molar-refractivity contribution < 1.29 is 15.0 Å². The summed E-state index contributed by atoms with van der Waals surface area (Å²) in [6, 6.07) is 12.0. The number of hydrogen-bond donors (Lipinski definition) is 2. The van der Waals surface area contributed by atoms with Gasteiger partial charge in [-0.05, 0) is 42.5 Å². The van der Waals surface area contributed by atoms with Crippen LogP contribution < -0.4 is 4.90 Å². The minimum atomic E-state index is -0.945. The van der Waals surface area contributed by atoms with Crippen molar-refractivity contribution in [3.63, 3.8) is 0 Å². The average molecular weight is 371 g/mol. The first-order valence-electron chi connectivity index (χ1n) is 6.15. The van der Waals surface area contributed by atoms with Crippen molar-refractivity contribution >= 4 is 39.2 Å². The van der Waals surface area contributed by atoms with Gasteiger partial charge in [0.1, 0.15) is 12.3 Å². The van der Waals surface area contributed by atoms with E-state index >= 15 is 0 Å². The van der Waals surface area contributed by atoms with Crippen molar-refractivity contribution in [2.45, 2.75) is 6.54 Å². The Morgan fingerprint density at radius 1 is 1.19 bits per heavy atom. The number of phenolic OH excluding ortho intramolecular Hbond substituents is 1. The Balaban J connectivity index is 2.30. The third kappa shape index (κ3) is 4.37. The van der Waals surface area contributed by atoms with E-state index in [1.807, 2.05) is 0 Å². The Bertz CT molecular complexity index is 646. The third-order valence-electron chi connectivity index (χ3n) is 2.92. The van der Waals surface area contributed by atoms with Crippen molar-refractivity contribution in [3.05, 3.63) is 57.5 Å². The van der Waals surface area contributed by atoms with Crippen LogP contribution in [-0.4, -0.2) is 22.7 Å². The van der Waals surface area contributed by atoms with Gasteiger partial charge in [-0.3, -0.25) is 4.79 Å². The van der Waals surface area contributed by atoms with Gasteiger partial charge in [0.2, 0.25) is 0 Å². The topological polar surface area (TPSA) is 60.8 Å². The molecule has 0 spiro atoms. The van der Waals surface area contributed by atoms with Crippen molar-refractivity contribution in [2.75, 3.05) is 11.4 Å². The second-order valence-electron chi connectivity index (χ2n) is 4.50. The average Bonchev–Trinajstić information content (AvgIpc) is 2.42. The van der Waals surface area contributed by atoms with Crippen LogP contribution in [-0.2, 0) is 11.3 Å². The quantitative estimate of drug-likeness (QED) is 0.838. The monoisotopic (exact) mass is 369 g/mol. The number of nitrogens with zero attached hydrogens (tertiary/aromatic N) is 1. The van der Waals surface area contributed by atoms with Crippen LogP contribution in [0.4, 0.5) is 5.69 Å². The molecule has 0 aliphatic carbocycles. The molecule has 2 N–H and O–H groups in total. The minimum absolute atomic E-state index is 0.127. The van der Waals surface area contributed by atoms with Gasteiger partial charge in [-0.1, -0.05) is 27.5 Å². The highest BCUT2D eigenvalue weighted by atomic mass is 79.9. The molecule has 2 rings (SSSR count). The maximum absolute atomic E-state index is 11.1. The molecule has 21 heavy (non-hydrogen) atoms. The number of aromatic hydroxyl groups is 1. The molecule has 0 bridgehead atoms. The summed E-state index contributed by atoms with van der Waals surface area (Å²) in [5.41, 5.74) is 1.36. The van der Waals surface area contributed by atoms with Crippen molar-refractivity contribution in [2.24, 2.45) is 0 Å². The third-order valence-corrected chi connectivity index (χ3v) is 3.67. The van der Waals surface area contributed by atoms with Crippen LogP contribution in [0.25, 0.3) is 0 Å². The Hall–Kier alpha value is -1.72. The summed E-state index contributed by atoms with van der Waals surface area (Å²) in [5, 5.41) is 19.5. The largest absolute Gasteiger partial charge is 0.508 e. The van der Waals surface area contributed by atoms with Crippen molar-refractivity contribution in [1.82, 2.24) is 0 Å². The van der Waals surface area contributed by atoms with Gasteiger partial charge < -0.3 is 15.1 Å². The standard InChI is InChI=1S/C15H13BrClNO3/c16-11-1-6-14(19)10(7-11)8-18(9-15(20)21)13-4-2-12(17)3-5-13/h1-7,19H,8-9H2,(H,20,21). The lowest BCUT2D eigenvalue weighted by atomic mass is 10.1. The first kappa shape index (κ1) is 15.7. The van der Waals surface area contributed by atoms with E-state index < -0.39 is 5.97 Å². The number of carboxylic acids is 1. The summed E-state index contributed by atoms with van der Waals surface area (Å²) >= 11 is 9.19. The number of aliphatic carboxylic acids is 1. The number of halogens is 2. The number of hydrogen-bond acceptors (Lipinski definition) is 3. The molecule has 2 aromatic rings. The van der Waals surface area contributed by atoms with E-state index in [1.54, 1.807) is 47.4 Å². The fourth-order valence-corrected chi connectivity index (χ4v) is 2.47. The molecule has 0 amide bonds. The first-order valence-corrected chi connectivity index (χ1v) is 7.32. The van der Waals surface area contributed by atoms with E-state index in [4.69, 9.17) is 16.7 Å². The van der Waals surface area contributed by atoms with E-state index in [0.29, 0.717) is 10.6 Å². The highest BCUT2D eigenvalue weighted by Crippen LogP contribution is 2.26. The Morgan fingerprint density at radius 3 is 2.48 bits per heavy atom. The van der Waals surface area contributed by atoms with E-state index in [9.17, 15) is 9.90 Å². The lowest BCUT2D eigenvalue weighted by molar-refractivity contribution is -0.135. The molecule has 0 saturated carbocycles. The number of rotatable bonds is 5. The second-order valence-corrected chi connectivity index (χ2v) is 5.85. The molecule has 6 heteroatoms. The summed E-state index contributed by atoms with van der Waals surface area (Å²) in [5.74, 6) is -0.818. The number of carboxylic acid groups (broad SMARTS) is 1. The van der Waals surface area contributed by atoms with Crippen LogP contribution in [0, 0.1) is 0 Å². The fraction of sp³-hybridized carbons (Fsp3) is 0.133. The minimum Gasteiger partial charge on any atom is -0.508 e. The maximum Gasteiger partial charge on any atom is 0.323 e. The highest BCUT2D eigenvalue weighted by Gasteiger charge is 2.14. The van der Waals surface area contributed by atoms with Gasteiger partial charge in [-0.2, -0.15) is 0 Å². The van der Waals surface area contributed by atoms with Crippen LogP contribution in [0.3, 0.4) is 0 Å². The van der Waals surface area contributed by atoms with E-state index in [2.05, 4.69) is 15.9 Å². The smallest absolute Gasteiger partial charge is 0.323 e. The van der Waals surface area contributed by atoms with E-state index in [0.717, 1.165) is 10.2 Å². The zero-order valence-corrected chi connectivity index (χ0v) is 13.3. The normalized spacial score (nSPS) is 10.4. The van der Waals surface area contributed by atoms with Gasteiger partial charge in [0, 0.05) is 27.3 Å². The number of carbonyl (C=O) groups is 1. The van der Waals surface area contributed by atoms with Gasteiger partial charge in [0.05, 0.1) is 0 Å². The summed E-state index contributed by atoms with van der Waals surface area (Å²) in [6.45, 7) is 0.104. The fourth-order valence-electron chi connectivity index (χ4n) is 1.94. The summed E-state index contributed by atoms with van der Waals surface area (Å²) in [7, 11) is 0. The van der Waals surface area contributed by atoms with Gasteiger partial charge in [0.25, 0.3) is 0 Å². The molecule has 0 aromatic heterocycles. The molecule has 0 aliphatic rings. The highest BCUT2D eigenvalue weighted by molar-refractivity contribution is 9.10. The lowest BCUT2D eigenvalue weighted by Gasteiger charge is -2.23. The van der Waals surface area contributed by atoms with E-state index in [1.165, 1.54) is 0 Å². The molecule has 0 saturated heterocycles. The SMILES string of the molecule is O=C(O)CN(Cc1cc(Br)ccc1O)c1ccc(Cl)cc1. The van der Waals surface area contributed by atoms with Crippen LogP contribution >= 0.6 is 27.5 Å². The van der Waals surface area contributed by atoms with Gasteiger partial charge in [-0.15, -0.1) is 0 Å². The molecule has 0 unspecified atom stereocenters. The zero-order valence-electron chi connectivity index (χ0n) is 11.0.